The first-order chi connectivity index (χ1) is 10.5. The lowest BCUT2D eigenvalue weighted by atomic mass is 10.2. The van der Waals surface area contributed by atoms with Crippen LogP contribution in [-0.4, -0.2) is 18.5 Å². The molecule has 2 rings (SSSR count). The van der Waals surface area contributed by atoms with Gasteiger partial charge in [0.05, 0.1) is 0 Å². The van der Waals surface area contributed by atoms with E-state index in [9.17, 15) is 4.79 Å². The maximum atomic E-state index is 11.9. The van der Waals surface area contributed by atoms with Gasteiger partial charge in [-0.15, -0.1) is 12.4 Å². The maximum absolute atomic E-state index is 11.9. The summed E-state index contributed by atoms with van der Waals surface area (Å²) in [5.41, 5.74) is 5.63. The SMILES string of the molecule is CC(N)CCNC(=O)c1ccc(COc2cccc(Br)c2)o1.Cl. The summed E-state index contributed by atoms with van der Waals surface area (Å²) in [4.78, 5) is 11.9. The number of amides is 1. The summed E-state index contributed by atoms with van der Waals surface area (Å²) in [6, 6.07) is 11.0. The third-order valence-corrected chi connectivity index (χ3v) is 3.44. The molecule has 5 nitrogen and oxygen atoms in total. The highest BCUT2D eigenvalue weighted by Crippen LogP contribution is 2.19. The summed E-state index contributed by atoms with van der Waals surface area (Å²) in [7, 11) is 0. The number of nitrogens with two attached hydrogens (primary N) is 1. The fourth-order valence-corrected chi connectivity index (χ4v) is 2.17. The fraction of sp³-hybridized carbons (Fsp3) is 0.312. The number of benzene rings is 1. The van der Waals surface area contributed by atoms with Crippen LogP contribution in [0, 0.1) is 0 Å². The van der Waals surface area contributed by atoms with Crippen molar-refractivity contribution < 1.29 is 13.9 Å². The predicted octanol–water partition coefficient (Wildman–Crippen LogP) is 3.51. The first-order valence-electron chi connectivity index (χ1n) is 7.05. The number of hydrogen-bond acceptors (Lipinski definition) is 4. The second-order valence-corrected chi connectivity index (χ2v) is 5.95. The highest BCUT2D eigenvalue weighted by atomic mass is 79.9. The Morgan fingerprint density at radius 3 is 2.87 bits per heavy atom. The third-order valence-electron chi connectivity index (χ3n) is 2.95. The molecule has 2 aromatic rings. The molecule has 126 valence electrons. The van der Waals surface area contributed by atoms with Gasteiger partial charge in [-0.25, -0.2) is 0 Å². The van der Waals surface area contributed by atoms with Crippen LogP contribution in [-0.2, 0) is 6.61 Å². The summed E-state index contributed by atoms with van der Waals surface area (Å²) >= 11 is 3.38. The lowest BCUT2D eigenvalue weighted by Gasteiger charge is -2.06. The monoisotopic (exact) mass is 402 g/mol. The maximum Gasteiger partial charge on any atom is 0.286 e. The van der Waals surface area contributed by atoms with E-state index in [-0.39, 0.29) is 36.7 Å². The van der Waals surface area contributed by atoms with E-state index in [0.29, 0.717) is 12.3 Å². The van der Waals surface area contributed by atoms with E-state index in [0.717, 1.165) is 16.6 Å². The molecule has 0 saturated carbocycles. The Kier molecular flexibility index (Phi) is 8.16. The van der Waals surface area contributed by atoms with Crippen molar-refractivity contribution >= 4 is 34.2 Å². The van der Waals surface area contributed by atoms with Gasteiger partial charge >= 0.3 is 0 Å². The molecular weight excluding hydrogens is 384 g/mol. The Bertz CT molecular complexity index is 631. The van der Waals surface area contributed by atoms with E-state index in [1.54, 1.807) is 12.1 Å². The number of nitrogens with one attached hydrogen (secondary N) is 1. The van der Waals surface area contributed by atoms with Gasteiger partial charge in [-0.3, -0.25) is 4.79 Å². The van der Waals surface area contributed by atoms with Gasteiger partial charge < -0.3 is 20.2 Å². The van der Waals surface area contributed by atoms with Gasteiger partial charge in [0.15, 0.2) is 5.76 Å². The summed E-state index contributed by atoms with van der Waals surface area (Å²) < 4.78 is 12.0. The minimum atomic E-state index is -0.241. The molecule has 0 radical (unpaired) electrons. The van der Waals surface area contributed by atoms with Gasteiger partial charge in [0, 0.05) is 17.1 Å². The largest absolute Gasteiger partial charge is 0.486 e. The predicted molar refractivity (Wildman–Crippen MR) is 95.0 cm³/mol. The molecule has 1 aromatic heterocycles. The first-order valence-corrected chi connectivity index (χ1v) is 7.85. The van der Waals surface area contributed by atoms with Crippen LogP contribution in [0.25, 0.3) is 0 Å². The van der Waals surface area contributed by atoms with Gasteiger partial charge in [0.25, 0.3) is 5.91 Å². The number of ether oxygens (including phenoxy) is 1. The standard InChI is InChI=1S/C16H19BrN2O3.ClH/c1-11(18)7-8-19-16(20)15-6-5-14(22-15)10-21-13-4-2-3-12(17)9-13;/h2-6,9,11H,7-8,10,18H2,1H3,(H,19,20);1H. The molecule has 1 atom stereocenters. The van der Waals surface area contributed by atoms with Crippen molar-refractivity contribution in [2.45, 2.75) is 26.0 Å². The summed E-state index contributed by atoms with van der Waals surface area (Å²) in [6.45, 7) is 2.70. The smallest absolute Gasteiger partial charge is 0.286 e. The van der Waals surface area contributed by atoms with Crippen LogP contribution in [0.4, 0.5) is 0 Å². The van der Waals surface area contributed by atoms with E-state index in [4.69, 9.17) is 14.9 Å². The molecule has 0 aliphatic carbocycles. The van der Waals surface area contributed by atoms with E-state index in [2.05, 4.69) is 21.2 Å². The number of carbonyl (C=O) groups is 1. The van der Waals surface area contributed by atoms with Crippen LogP contribution >= 0.6 is 28.3 Å². The molecule has 0 saturated heterocycles. The lowest BCUT2D eigenvalue weighted by Crippen LogP contribution is -2.28. The Hall–Kier alpha value is -1.50. The minimum Gasteiger partial charge on any atom is -0.486 e. The molecule has 0 bridgehead atoms. The van der Waals surface area contributed by atoms with Crippen molar-refractivity contribution in [3.05, 3.63) is 52.4 Å². The van der Waals surface area contributed by atoms with Gasteiger partial charge in [0.1, 0.15) is 18.1 Å². The average molecular weight is 404 g/mol. The van der Waals surface area contributed by atoms with Gasteiger partial charge in [-0.1, -0.05) is 22.0 Å². The number of carbonyl (C=O) groups excluding carboxylic acids is 1. The van der Waals surface area contributed by atoms with Gasteiger partial charge in [-0.05, 0) is 43.7 Å². The molecule has 1 heterocycles. The second-order valence-electron chi connectivity index (χ2n) is 5.03. The normalized spacial score (nSPS) is 11.4. The topological polar surface area (TPSA) is 77.5 Å². The van der Waals surface area contributed by atoms with E-state index >= 15 is 0 Å². The Morgan fingerprint density at radius 2 is 2.17 bits per heavy atom. The Labute approximate surface area is 150 Å². The minimum absolute atomic E-state index is 0. The number of hydrogen-bond donors (Lipinski definition) is 2. The Morgan fingerprint density at radius 1 is 1.39 bits per heavy atom. The van der Waals surface area contributed by atoms with Crippen molar-refractivity contribution in [1.29, 1.82) is 0 Å². The van der Waals surface area contributed by atoms with Crippen molar-refractivity contribution in [1.82, 2.24) is 5.32 Å². The van der Waals surface area contributed by atoms with Crippen molar-refractivity contribution in [2.75, 3.05) is 6.54 Å². The van der Waals surface area contributed by atoms with Crippen LogP contribution in [0.1, 0.15) is 29.7 Å². The van der Waals surface area contributed by atoms with Crippen LogP contribution in [0.15, 0.2) is 45.3 Å². The summed E-state index contributed by atoms with van der Waals surface area (Å²) in [5, 5.41) is 2.77. The van der Waals surface area contributed by atoms with Crippen molar-refractivity contribution in [3.8, 4) is 5.75 Å². The molecule has 0 spiro atoms. The molecule has 3 N–H and O–H groups in total. The Balaban J connectivity index is 0.00000264. The number of halogens is 2. The molecule has 23 heavy (non-hydrogen) atoms. The molecule has 1 aromatic carbocycles. The average Bonchev–Trinajstić information content (AvgIpc) is 2.94. The zero-order chi connectivity index (χ0) is 15.9. The molecule has 0 aliphatic rings. The first kappa shape index (κ1) is 19.5. The second kappa shape index (κ2) is 9.60. The quantitative estimate of drug-likeness (QED) is 0.741. The van der Waals surface area contributed by atoms with Crippen LogP contribution in [0.2, 0.25) is 0 Å². The molecule has 0 fully saturated rings. The fourth-order valence-electron chi connectivity index (χ4n) is 1.79. The molecule has 1 amide bonds. The number of furan rings is 1. The van der Waals surface area contributed by atoms with E-state index in [1.807, 2.05) is 31.2 Å². The van der Waals surface area contributed by atoms with E-state index < -0.39 is 0 Å². The van der Waals surface area contributed by atoms with Crippen LogP contribution in [0.5, 0.6) is 5.75 Å². The van der Waals surface area contributed by atoms with Crippen molar-refractivity contribution in [2.24, 2.45) is 5.73 Å². The molecule has 1 unspecified atom stereocenters. The van der Waals surface area contributed by atoms with Gasteiger partial charge in [0.2, 0.25) is 0 Å². The zero-order valence-electron chi connectivity index (χ0n) is 12.8. The van der Waals surface area contributed by atoms with Crippen LogP contribution in [0.3, 0.4) is 0 Å². The molecular formula is C16H20BrClN2O3. The zero-order valence-corrected chi connectivity index (χ0v) is 15.2. The third kappa shape index (κ3) is 6.64. The van der Waals surface area contributed by atoms with Crippen LogP contribution < -0.4 is 15.8 Å². The highest BCUT2D eigenvalue weighted by molar-refractivity contribution is 9.10. The molecule has 7 heteroatoms. The molecule has 0 aliphatic heterocycles. The van der Waals surface area contributed by atoms with Gasteiger partial charge in [-0.2, -0.15) is 0 Å². The van der Waals surface area contributed by atoms with E-state index in [1.165, 1.54) is 0 Å². The summed E-state index contributed by atoms with van der Waals surface area (Å²) in [5.74, 6) is 1.36. The van der Waals surface area contributed by atoms with Crippen molar-refractivity contribution in [3.63, 3.8) is 0 Å². The summed E-state index contributed by atoms with van der Waals surface area (Å²) in [6.07, 6.45) is 0.727. The lowest BCUT2D eigenvalue weighted by molar-refractivity contribution is 0.0921. The number of rotatable bonds is 7. The highest BCUT2D eigenvalue weighted by Gasteiger charge is 2.11.